The van der Waals surface area contributed by atoms with Crippen LogP contribution in [-0.4, -0.2) is 0 Å². The number of para-hydroxylation sites is 1. The molecular formula is C44H27NS2. The van der Waals surface area contributed by atoms with Crippen molar-refractivity contribution in [3.05, 3.63) is 164 Å². The normalized spacial score (nSPS) is 11.8. The second kappa shape index (κ2) is 10.5. The van der Waals surface area contributed by atoms with Crippen LogP contribution in [0.15, 0.2) is 164 Å². The van der Waals surface area contributed by atoms with Crippen LogP contribution >= 0.6 is 22.7 Å². The van der Waals surface area contributed by atoms with Crippen molar-refractivity contribution in [1.82, 2.24) is 0 Å². The standard InChI is InChI=1S/C44H27NS2/c1-2-13-34(14-3-1)45(35-21-19-29(20-22-35)33-18-17-28-9-4-5-10-30(28)25-33)39-16-8-15-37-42-40(46-43(37)39)24-23-36-38-26-31-11-6-7-12-32(31)27-41(38)47-44(36)42/h1-27H. The molecule has 0 saturated heterocycles. The molecule has 0 fully saturated rings. The highest BCUT2D eigenvalue weighted by Crippen LogP contribution is 2.49. The highest BCUT2D eigenvalue weighted by Gasteiger charge is 2.20. The maximum Gasteiger partial charge on any atom is 0.0640 e. The van der Waals surface area contributed by atoms with E-state index in [1.807, 2.05) is 22.7 Å². The minimum Gasteiger partial charge on any atom is -0.309 e. The van der Waals surface area contributed by atoms with Crippen LogP contribution in [0.2, 0.25) is 0 Å². The Balaban J connectivity index is 1.15. The third-order valence-electron chi connectivity index (χ3n) is 9.41. The van der Waals surface area contributed by atoms with Crippen LogP contribution in [0.25, 0.3) is 73.0 Å². The molecule has 0 atom stereocenters. The Bertz CT molecular complexity index is 2790. The van der Waals surface area contributed by atoms with E-state index in [9.17, 15) is 0 Å². The predicted molar refractivity (Wildman–Crippen MR) is 207 cm³/mol. The Labute approximate surface area is 280 Å². The summed E-state index contributed by atoms with van der Waals surface area (Å²) in [7, 11) is 0. The van der Waals surface area contributed by atoms with Gasteiger partial charge in [0.2, 0.25) is 0 Å². The fourth-order valence-corrected chi connectivity index (χ4v) is 9.71. The first-order valence-corrected chi connectivity index (χ1v) is 17.6. The largest absolute Gasteiger partial charge is 0.309 e. The minimum absolute atomic E-state index is 1.14. The van der Waals surface area contributed by atoms with Gasteiger partial charge in [-0.25, -0.2) is 0 Å². The molecule has 0 amide bonds. The van der Waals surface area contributed by atoms with Gasteiger partial charge >= 0.3 is 0 Å². The van der Waals surface area contributed by atoms with Crippen molar-refractivity contribution in [3.8, 4) is 11.1 Å². The van der Waals surface area contributed by atoms with Gasteiger partial charge in [-0.2, -0.15) is 0 Å². The predicted octanol–water partition coefficient (Wildman–Crippen LogP) is 13.9. The van der Waals surface area contributed by atoms with E-state index < -0.39 is 0 Å². The summed E-state index contributed by atoms with van der Waals surface area (Å²) in [6.45, 7) is 0. The summed E-state index contributed by atoms with van der Waals surface area (Å²) in [5.74, 6) is 0. The Morgan fingerprint density at radius 2 is 1.02 bits per heavy atom. The molecule has 47 heavy (non-hydrogen) atoms. The van der Waals surface area contributed by atoms with Gasteiger partial charge in [-0.05, 0) is 87.3 Å². The molecule has 10 rings (SSSR count). The first-order chi connectivity index (χ1) is 23.3. The van der Waals surface area contributed by atoms with Crippen LogP contribution in [0, 0.1) is 0 Å². The number of hydrogen-bond acceptors (Lipinski definition) is 3. The van der Waals surface area contributed by atoms with Crippen LogP contribution < -0.4 is 4.90 Å². The van der Waals surface area contributed by atoms with Gasteiger partial charge in [-0.15, -0.1) is 22.7 Å². The molecule has 0 unspecified atom stereocenters. The van der Waals surface area contributed by atoms with Gasteiger partial charge < -0.3 is 4.90 Å². The SMILES string of the molecule is c1ccc(N(c2ccc(-c3ccc4ccccc4c3)cc2)c2cccc3c2sc2ccc4c5cc6ccccc6cc5sc4c23)cc1. The molecule has 3 heteroatoms. The molecule has 0 radical (unpaired) electrons. The Kier molecular flexibility index (Phi) is 5.98. The van der Waals surface area contributed by atoms with Gasteiger partial charge in [-0.3, -0.25) is 0 Å². The van der Waals surface area contributed by atoms with Gasteiger partial charge in [0.25, 0.3) is 0 Å². The molecule has 1 nitrogen and oxygen atoms in total. The summed E-state index contributed by atoms with van der Waals surface area (Å²) >= 11 is 3.83. The summed E-state index contributed by atoms with van der Waals surface area (Å²) < 4.78 is 5.36. The summed E-state index contributed by atoms with van der Waals surface area (Å²) in [4.78, 5) is 2.41. The summed E-state index contributed by atoms with van der Waals surface area (Å²) in [5, 5.41) is 10.5. The zero-order valence-electron chi connectivity index (χ0n) is 25.4. The third kappa shape index (κ3) is 4.28. The number of nitrogens with zero attached hydrogens (tertiary/aromatic N) is 1. The van der Waals surface area contributed by atoms with E-state index in [0.717, 1.165) is 11.4 Å². The Hall–Kier alpha value is -5.48. The van der Waals surface area contributed by atoms with Crippen molar-refractivity contribution >= 4 is 102 Å². The number of fused-ring (bicyclic) bond motifs is 9. The molecule has 2 heterocycles. The number of hydrogen-bond donors (Lipinski definition) is 0. The summed E-state index contributed by atoms with van der Waals surface area (Å²) in [6, 6.07) is 60.0. The fourth-order valence-electron chi connectivity index (χ4n) is 7.14. The quantitative estimate of drug-likeness (QED) is 0.186. The second-order valence-electron chi connectivity index (χ2n) is 12.1. The van der Waals surface area contributed by atoms with Crippen molar-refractivity contribution in [2.45, 2.75) is 0 Å². The van der Waals surface area contributed by atoms with E-state index in [1.54, 1.807) is 0 Å². The Morgan fingerprint density at radius 1 is 0.362 bits per heavy atom. The summed E-state index contributed by atoms with van der Waals surface area (Å²) in [6.07, 6.45) is 0. The lowest BCUT2D eigenvalue weighted by Crippen LogP contribution is -2.09. The topological polar surface area (TPSA) is 3.24 Å². The van der Waals surface area contributed by atoms with E-state index in [0.29, 0.717) is 0 Å². The molecule has 0 N–H and O–H groups in total. The highest BCUT2D eigenvalue weighted by molar-refractivity contribution is 7.30. The van der Waals surface area contributed by atoms with Crippen LogP contribution in [0.3, 0.4) is 0 Å². The molecular weight excluding hydrogens is 607 g/mol. The maximum absolute atomic E-state index is 2.41. The van der Waals surface area contributed by atoms with Gasteiger partial charge in [-0.1, -0.05) is 109 Å². The lowest BCUT2D eigenvalue weighted by atomic mass is 10.0. The molecule has 220 valence electrons. The van der Waals surface area contributed by atoms with Gasteiger partial charge in [0, 0.05) is 47.0 Å². The highest BCUT2D eigenvalue weighted by atomic mass is 32.1. The molecule has 0 aliphatic carbocycles. The molecule has 0 aliphatic heterocycles. The fraction of sp³-hybridized carbons (Fsp3) is 0. The average Bonchev–Trinajstić information content (AvgIpc) is 3.69. The Morgan fingerprint density at radius 3 is 1.83 bits per heavy atom. The van der Waals surface area contributed by atoms with Crippen molar-refractivity contribution < 1.29 is 0 Å². The average molecular weight is 634 g/mol. The lowest BCUT2D eigenvalue weighted by molar-refractivity contribution is 1.30. The zero-order chi connectivity index (χ0) is 30.9. The van der Waals surface area contributed by atoms with E-state index in [2.05, 4.69) is 169 Å². The minimum atomic E-state index is 1.14. The van der Waals surface area contributed by atoms with E-state index in [-0.39, 0.29) is 0 Å². The number of anilines is 3. The number of benzene rings is 8. The second-order valence-corrected chi connectivity index (χ2v) is 14.3. The number of rotatable bonds is 4. The maximum atomic E-state index is 2.41. The van der Waals surface area contributed by atoms with Gasteiger partial charge in [0.05, 0.1) is 10.4 Å². The monoisotopic (exact) mass is 633 g/mol. The first kappa shape index (κ1) is 26.7. The molecule has 8 aromatic carbocycles. The number of thiophene rings is 2. The van der Waals surface area contributed by atoms with Gasteiger partial charge in [0.15, 0.2) is 0 Å². The van der Waals surface area contributed by atoms with Crippen LogP contribution in [0.1, 0.15) is 0 Å². The third-order valence-corrected chi connectivity index (χ3v) is 11.8. The van der Waals surface area contributed by atoms with E-state index in [1.165, 1.54) is 78.7 Å². The van der Waals surface area contributed by atoms with Crippen molar-refractivity contribution in [2.24, 2.45) is 0 Å². The van der Waals surface area contributed by atoms with Crippen LogP contribution in [-0.2, 0) is 0 Å². The molecule has 0 saturated carbocycles. The first-order valence-electron chi connectivity index (χ1n) is 15.9. The summed E-state index contributed by atoms with van der Waals surface area (Å²) in [5.41, 5.74) is 5.94. The van der Waals surface area contributed by atoms with Gasteiger partial charge in [0.1, 0.15) is 0 Å². The van der Waals surface area contributed by atoms with Crippen molar-refractivity contribution in [1.29, 1.82) is 0 Å². The van der Waals surface area contributed by atoms with Crippen LogP contribution in [0.4, 0.5) is 17.1 Å². The molecule has 2 aromatic heterocycles. The smallest absolute Gasteiger partial charge is 0.0640 e. The molecule has 0 aliphatic rings. The van der Waals surface area contributed by atoms with Crippen molar-refractivity contribution in [2.75, 3.05) is 4.90 Å². The lowest BCUT2D eigenvalue weighted by Gasteiger charge is -2.26. The molecule has 10 aromatic rings. The molecule has 0 bridgehead atoms. The van der Waals surface area contributed by atoms with Crippen LogP contribution in [0.5, 0.6) is 0 Å². The van der Waals surface area contributed by atoms with E-state index in [4.69, 9.17) is 0 Å². The van der Waals surface area contributed by atoms with E-state index >= 15 is 0 Å². The molecule has 0 spiro atoms. The van der Waals surface area contributed by atoms with Crippen molar-refractivity contribution in [3.63, 3.8) is 0 Å². The zero-order valence-corrected chi connectivity index (χ0v) is 27.0.